The molecular formula is C11H13NO. The third-order valence-corrected chi connectivity index (χ3v) is 2.04. The molecule has 2 aromatic heterocycles. The predicted octanol–water partition coefficient (Wildman–Crippen LogP) is 3.13. The van der Waals surface area contributed by atoms with Crippen molar-refractivity contribution in [1.29, 1.82) is 0 Å². The van der Waals surface area contributed by atoms with Crippen molar-refractivity contribution < 1.29 is 7.16 Å². The highest BCUT2D eigenvalue weighted by molar-refractivity contribution is 5.76. The van der Waals surface area contributed by atoms with Crippen molar-refractivity contribution in [3.05, 3.63) is 30.1 Å². The minimum absolute atomic E-state index is 0.0658. The Kier molecular flexibility index (Phi) is 1.23. The Labute approximate surface area is 80.4 Å². The van der Waals surface area contributed by atoms with Gasteiger partial charge in [-0.05, 0) is 11.5 Å². The number of furan rings is 1. The van der Waals surface area contributed by atoms with Crippen molar-refractivity contribution in [2.45, 2.75) is 26.2 Å². The third-order valence-electron chi connectivity index (χ3n) is 2.04. The summed E-state index contributed by atoms with van der Waals surface area (Å²) in [6, 6.07) is 1.95. The molecule has 0 unspecified atom stereocenters. The fraction of sp³-hybridized carbons (Fsp3) is 0.364. The van der Waals surface area contributed by atoms with Gasteiger partial charge in [-0.25, -0.2) is 0 Å². The highest BCUT2D eigenvalue weighted by Crippen LogP contribution is 2.28. The highest BCUT2D eigenvalue weighted by atomic mass is 16.3. The average molecular weight is 177 g/mol. The van der Waals surface area contributed by atoms with Crippen LogP contribution in [-0.2, 0) is 5.41 Å². The molecule has 0 aliphatic heterocycles. The molecule has 13 heavy (non-hydrogen) atoms. The van der Waals surface area contributed by atoms with Crippen molar-refractivity contribution in [2.24, 2.45) is 0 Å². The van der Waals surface area contributed by atoms with E-state index in [-0.39, 0.29) is 17.7 Å². The standard InChI is InChI=1S/C11H13NO/c1-11(2,3)8-4-6-12-9-5-7-13-10(8)9/h4-7H,1-3H3/i5D,7D. The Morgan fingerprint density at radius 1 is 1.46 bits per heavy atom. The maximum Gasteiger partial charge on any atom is 0.155 e. The van der Waals surface area contributed by atoms with Crippen LogP contribution in [-0.4, -0.2) is 4.98 Å². The third kappa shape index (κ3) is 1.32. The topological polar surface area (TPSA) is 26.0 Å². The molecular weight excluding hydrogens is 162 g/mol. The van der Waals surface area contributed by atoms with E-state index in [2.05, 4.69) is 25.8 Å². The average Bonchev–Trinajstić information content (AvgIpc) is 2.41. The van der Waals surface area contributed by atoms with E-state index in [9.17, 15) is 0 Å². The van der Waals surface area contributed by atoms with Crippen LogP contribution >= 0.6 is 0 Å². The number of pyridine rings is 1. The molecule has 2 nitrogen and oxygen atoms in total. The van der Waals surface area contributed by atoms with Crippen LogP contribution in [0.25, 0.3) is 11.1 Å². The number of hydrogen-bond donors (Lipinski definition) is 0. The zero-order valence-electron chi connectivity index (χ0n) is 10.0. The van der Waals surface area contributed by atoms with E-state index in [0.29, 0.717) is 11.1 Å². The van der Waals surface area contributed by atoms with Crippen LogP contribution in [0.3, 0.4) is 0 Å². The summed E-state index contributed by atoms with van der Waals surface area (Å²) < 4.78 is 20.4. The zero-order valence-corrected chi connectivity index (χ0v) is 8.01. The molecule has 0 atom stereocenters. The Balaban J connectivity index is 2.83. The molecule has 2 rings (SSSR count). The number of aromatic nitrogens is 1. The zero-order chi connectivity index (χ0) is 11.2. The minimum Gasteiger partial charge on any atom is -0.462 e. The summed E-state index contributed by atoms with van der Waals surface area (Å²) in [7, 11) is 0. The monoisotopic (exact) mass is 177 g/mol. The molecule has 0 saturated heterocycles. The van der Waals surface area contributed by atoms with Gasteiger partial charge in [-0.15, -0.1) is 0 Å². The van der Waals surface area contributed by atoms with E-state index in [1.54, 1.807) is 6.20 Å². The normalized spacial score (nSPS) is 14.4. The fourth-order valence-corrected chi connectivity index (χ4v) is 1.36. The van der Waals surface area contributed by atoms with E-state index < -0.39 is 0 Å². The Hall–Kier alpha value is -1.31. The van der Waals surface area contributed by atoms with Gasteiger partial charge in [0.25, 0.3) is 0 Å². The molecule has 0 fully saturated rings. The van der Waals surface area contributed by atoms with E-state index >= 15 is 0 Å². The summed E-state index contributed by atoms with van der Waals surface area (Å²) in [6.07, 6.45) is 1.55. The van der Waals surface area contributed by atoms with Crippen LogP contribution in [0.4, 0.5) is 0 Å². The Bertz CT molecular complexity index is 511. The predicted molar refractivity (Wildman–Crippen MR) is 52.7 cm³/mol. The first-order valence-corrected chi connectivity index (χ1v) is 4.26. The summed E-state index contributed by atoms with van der Waals surface area (Å²) in [5.41, 5.74) is 1.96. The molecule has 0 bridgehead atoms. The molecule has 0 aliphatic carbocycles. The van der Waals surface area contributed by atoms with Crippen molar-refractivity contribution in [2.75, 3.05) is 0 Å². The molecule has 68 valence electrons. The number of hydrogen-bond acceptors (Lipinski definition) is 2. The second-order valence-corrected chi connectivity index (χ2v) is 4.12. The first-order chi connectivity index (χ1) is 6.91. The largest absolute Gasteiger partial charge is 0.462 e. The molecule has 0 radical (unpaired) electrons. The molecule has 0 N–H and O–H groups in total. The second-order valence-electron chi connectivity index (χ2n) is 4.12. The smallest absolute Gasteiger partial charge is 0.155 e. The van der Waals surface area contributed by atoms with Crippen molar-refractivity contribution in [3.8, 4) is 0 Å². The van der Waals surface area contributed by atoms with Crippen LogP contribution in [0.1, 0.15) is 29.1 Å². The molecule has 2 heterocycles. The van der Waals surface area contributed by atoms with Gasteiger partial charge < -0.3 is 4.42 Å². The lowest BCUT2D eigenvalue weighted by molar-refractivity contribution is 0.558. The van der Waals surface area contributed by atoms with Gasteiger partial charge in [-0.3, -0.25) is 4.98 Å². The van der Waals surface area contributed by atoms with Crippen molar-refractivity contribution in [3.63, 3.8) is 0 Å². The SMILES string of the molecule is [2H]c1oc2c(C(C)(C)C)ccnc2c1[2H]. The minimum atomic E-state index is -0.116. The van der Waals surface area contributed by atoms with Crippen LogP contribution in [0.2, 0.25) is 0 Å². The van der Waals surface area contributed by atoms with Crippen LogP contribution in [0, 0.1) is 0 Å². The van der Waals surface area contributed by atoms with E-state index in [0.717, 1.165) is 5.56 Å². The highest BCUT2D eigenvalue weighted by Gasteiger charge is 2.18. The van der Waals surface area contributed by atoms with Gasteiger partial charge >= 0.3 is 0 Å². The lowest BCUT2D eigenvalue weighted by Gasteiger charge is -2.18. The molecule has 2 aromatic rings. The fourth-order valence-electron chi connectivity index (χ4n) is 1.36. The Morgan fingerprint density at radius 3 is 2.92 bits per heavy atom. The summed E-state index contributed by atoms with van der Waals surface area (Å²) in [5.74, 6) is 0. The maximum absolute atomic E-state index is 7.63. The number of nitrogens with zero attached hydrogens (tertiary/aromatic N) is 1. The first kappa shape index (κ1) is 6.19. The number of fused-ring (bicyclic) bond motifs is 1. The number of rotatable bonds is 0. The van der Waals surface area contributed by atoms with Crippen molar-refractivity contribution >= 4 is 11.1 Å². The van der Waals surface area contributed by atoms with Gasteiger partial charge in [-0.2, -0.15) is 0 Å². The van der Waals surface area contributed by atoms with Gasteiger partial charge in [0.15, 0.2) is 5.58 Å². The summed E-state index contributed by atoms with van der Waals surface area (Å²) in [6.45, 7) is 6.20. The van der Waals surface area contributed by atoms with Gasteiger partial charge in [0, 0.05) is 17.8 Å². The summed E-state index contributed by atoms with van der Waals surface area (Å²) in [4.78, 5) is 4.07. The van der Waals surface area contributed by atoms with Crippen LogP contribution in [0.5, 0.6) is 0 Å². The first-order valence-electron chi connectivity index (χ1n) is 5.26. The lowest BCUT2D eigenvalue weighted by atomic mass is 9.87. The summed E-state index contributed by atoms with van der Waals surface area (Å²) in [5, 5.41) is 0. The molecule has 0 spiro atoms. The molecule has 0 amide bonds. The summed E-state index contributed by atoms with van der Waals surface area (Å²) >= 11 is 0. The molecule has 0 saturated carbocycles. The van der Waals surface area contributed by atoms with Gasteiger partial charge in [0.1, 0.15) is 6.89 Å². The lowest BCUT2D eigenvalue weighted by Crippen LogP contribution is -2.11. The van der Waals surface area contributed by atoms with Crippen LogP contribution in [0.15, 0.2) is 29.0 Å². The molecule has 0 aliphatic rings. The molecule has 2 heteroatoms. The van der Waals surface area contributed by atoms with Gasteiger partial charge in [0.05, 0.1) is 7.61 Å². The quantitative estimate of drug-likeness (QED) is 0.618. The van der Waals surface area contributed by atoms with E-state index in [1.807, 2.05) is 6.07 Å². The second kappa shape index (κ2) is 2.59. The van der Waals surface area contributed by atoms with E-state index in [4.69, 9.17) is 7.16 Å². The van der Waals surface area contributed by atoms with Crippen LogP contribution < -0.4 is 0 Å². The van der Waals surface area contributed by atoms with Gasteiger partial charge in [-0.1, -0.05) is 20.8 Å². The molecule has 0 aromatic carbocycles. The maximum atomic E-state index is 7.63. The Morgan fingerprint density at radius 2 is 2.23 bits per heavy atom. The van der Waals surface area contributed by atoms with Gasteiger partial charge in [0.2, 0.25) is 0 Å². The van der Waals surface area contributed by atoms with E-state index in [1.165, 1.54) is 0 Å². The van der Waals surface area contributed by atoms with Crippen molar-refractivity contribution in [1.82, 2.24) is 4.98 Å².